The minimum Gasteiger partial charge on any atom is -0.488 e. The van der Waals surface area contributed by atoms with Crippen molar-refractivity contribution < 1.29 is 14.6 Å². The molecule has 3 N–H and O–H groups in total. The SMILES string of the molecule is CC(C)C(CCO)NC(=O)NCc1ccccc1OC(C)(C)C. The molecule has 1 aromatic carbocycles. The van der Waals surface area contributed by atoms with E-state index in [0.717, 1.165) is 11.3 Å². The first-order valence-corrected chi connectivity index (χ1v) is 8.15. The molecule has 0 saturated heterocycles. The zero-order valence-corrected chi connectivity index (χ0v) is 14.8. The molecule has 5 nitrogen and oxygen atoms in total. The van der Waals surface area contributed by atoms with E-state index in [0.29, 0.717) is 13.0 Å². The van der Waals surface area contributed by atoms with E-state index in [4.69, 9.17) is 9.84 Å². The maximum absolute atomic E-state index is 12.1. The second-order valence-electron chi connectivity index (χ2n) is 7.01. The van der Waals surface area contributed by atoms with Crippen molar-refractivity contribution in [2.45, 2.75) is 59.2 Å². The Kier molecular flexibility index (Phi) is 7.36. The smallest absolute Gasteiger partial charge is 0.315 e. The molecule has 0 radical (unpaired) electrons. The number of rotatable bonds is 7. The van der Waals surface area contributed by atoms with Crippen LogP contribution >= 0.6 is 0 Å². The summed E-state index contributed by atoms with van der Waals surface area (Å²) >= 11 is 0. The summed E-state index contributed by atoms with van der Waals surface area (Å²) in [6.45, 7) is 10.5. The molecule has 1 rings (SSSR count). The molecular weight excluding hydrogens is 292 g/mol. The highest BCUT2D eigenvalue weighted by molar-refractivity contribution is 5.74. The van der Waals surface area contributed by atoms with Gasteiger partial charge in [0.15, 0.2) is 0 Å². The fourth-order valence-corrected chi connectivity index (χ4v) is 2.19. The number of aliphatic hydroxyl groups excluding tert-OH is 1. The average molecular weight is 322 g/mol. The molecule has 23 heavy (non-hydrogen) atoms. The number of carbonyl (C=O) groups is 1. The highest BCUT2D eigenvalue weighted by atomic mass is 16.5. The molecule has 0 fully saturated rings. The van der Waals surface area contributed by atoms with E-state index < -0.39 is 0 Å². The van der Waals surface area contributed by atoms with E-state index in [1.165, 1.54) is 0 Å². The molecule has 0 spiro atoms. The van der Waals surface area contributed by atoms with Gasteiger partial charge in [-0.05, 0) is 39.2 Å². The highest BCUT2D eigenvalue weighted by Gasteiger charge is 2.17. The molecule has 1 aromatic rings. The topological polar surface area (TPSA) is 70.6 Å². The number of carbonyl (C=O) groups excluding carboxylic acids is 1. The van der Waals surface area contributed by atoms with E-state index in [9.17, 15) is 4.79 Å². The fraction of sp³-hybridized carbons (Fsp3) is 0.611. The summed E-state index contributed by atoms with van der Waals surface area (Å²) in [4.78, 5) is 12.1. The van der Waals surface area contributed by atoms with Crippen LogP contribution in [0.1, 0.15) is 46.6 Å². The Morgan fingerprint density at radius 2 is 1.91 bits per heavy atom. The molecule has 0 aliphatic rings. The van der Waals surface area contributed by atoms with Gasteiger partial charge in [-0.1, -0.05) is 32.0 Å². The molecule has 130 valence electrons. The summed E-state index contributed by atoms with van der Waals surface area (Å²) in [5, 5.41) is 14.8. The third-order valence-corrected chi connectivity index (χ3v) is 3.39. The van der Waals surface area contributed by atoms with Gasteiger partial charge in [0.1, 0.15) is 11.4 Å². The van der Waals surface area contributed by atoms with Crippen LogP contribution in [0.15, 0.2) is 24.3 Å². The Labute approximate surface area is 139 Å². The Morgan fingerprint density at radius 1 is 1.26 bits per heavy atom. The van der Waals surface area contributed by atoms with Crippen LogP contribution in [0, 0.1) is 5.92 Å². The average Bonchev–Trinajstić information content (AvgIpc) is 2.44. The number of aliphatic hydroxyl groups is 1. The Hall–Kier alpha value is -1.75. The maximum Gasteiger partial charge on any atom is 0.315 e. The fourth-order valence-electron chi connectivity index (χ4n) is 2.19. The maximum atomic E-state index is 12.1. The summed E-state index contributed by atoms with van der Waals surface area (Å²) < 4.78 is 5.92. The zero-order chi connectivity index (χ0) is 17.5. The summed E-state index contributed by atoms with van der Waals surface area (Å²) in [6.07, 6.45) is 0.550. The molecule has 5 heteroatoms. The third kappa shape index (κ3) is 7.37. The number of hydrogen-bond donors (Lipinski definition) is 3. The Balaban J connectivity index is 2.62. The van der Waals surface area contributed by atoms with E-state index in [2.05, 4.69) is 10.6 Å². The van der Waals surface area contributed by atoms with Crippen molar-refractivity contribution >= 4 is 6.03 Å². The lowest BCUT2D eigenvalue weighted by Crippen LogP contribution is -2.44. The lowest BCUT2D eigenvalue weighted by atomic mass is 10.0. The van der Waals surface area contributed by atoms with Crippen molar-refractivity contribution in [1.82, 2.24) is 10.6 Å². The molecule has 0 bridgehead atoms. The zero-order valence-electron chi connectivity index (χ0n) is 14.8. The Morgan fingerprint density at radius 3 is 2.48 bits per heavy atom. The molecule has 0 heterocycles. The summed E-state index contributed by atoms with van der Waals surface area (Å²) in [6, 6.07) is 7.41. The van der Waals surface area contributed by atoms with E-state index in [1.807, 2.05) is 58.9 Å². The Bertz CT molecular complexity index is 495. The van der Waals surface area contributed by atoms with Gasteiger partial charge >= 0.3 is 6.03 Å². The van der Waals surface area contributed by atoms with Crippen molar-refractivity contribution in [3.8, 4) is 5.75 Å². The molecular formula is C18H30N2O3. The van der Waals surface area contributed by atoms with Crippen molar-refractivity contribution in [3.05, 3.63) is 29.8 Å². The van der Waals surface area contributed by atoms with Crippen LogP contribution < -0.4 is 15.4 Å². The number of hydrogen-bond acceptors (Lipinski definition) is 3. The van der Waals surface area contributed by atoms with Gasteiger partial charge in [-0.3, -0.25) is 0 Å². The number of urea groups is 1. The number of para-hydroxylation sites is 1. The third-order valence-electron chi connectivity index (χ3n) is 3.39. The quantitative estimate of drug-likeness (QED) is 0.722. The van der Waals surface area contributed by atoms with E-state index in [1.54, 1.807) is 0 Å². The van der Waals surface area contributed by atoms with Crippen LogP contribution in [-0.4, -0.2) is 29.4 Å². The monoisotopic (exact) mass is 322 g/mol. The minimum absolute atomic E-state index is 0.0407. The van der Waals surface area contributed by atoms with Crippen molar-refractivity contribution in [1.29, 1.82) is 0 Å². The van der Waals surface area contributed by atoms with E-state index >= 15 is 0 Å². The molecule has 1 atom stereocenters. The van der Waals surface area contributed by atoms with Gasteiger partial charge in [0.2, 0.25) is 0 Å². The number of benzene rings is 1. The van der Waals surface area contributed by atoms with Crippen molar-refractivity contribution in [2.75, 3.05) is 6.61 Å². The lowest BCUT2D eigenvalue weighted by molar-refractivity contribution is 0.129. The summed E-state index contributed by atoms with van der Waals surface area (Å²) in [7, 11) is 0. The molecule has 2 amide bonds. The number of ether oxygens (including phenoxy) is 1. The first-order chi connectivity index (χ1) is 10.7. The summed E-state index contributed by atoms with van der Waals surface area (Å²) in [5.74, 6) is 1.04. The van der Waals surface area contributed by atoms with Gasteiger partial charge in [0.05, 0.1) is 0 Å². The predicted octanol–water partition coefficient (Wildman–Crippen LogP) is 3.07. The predicted molar refractivity (Wildman–Crippen MR) is 92.5 cm³/mol. The van der Waals surface area contributed by atoms with E-state index in [-0.39, 0.29) is 30.2 Å². The number of amides is 2. The van der Waals surface area contributed by atoms with Crippen LogP contribution in [0.4, 0.5) is 4.79 Å². The number of nitrogens with one attached hydrogen (secondary N) is 2. The van der Waals surface area contributed by atoms with Gasteiger partial charge < -0.3 is 20.5 Å². The first-order valence-electron chi connectivity index (χ1n) is 8.15. The van der Waals surface area contributed by atoms with Crippen molar-refractivity contribution in [2.24, 2.45) is 5.92 Å². The van der Waals surface area contributed by atoms with Crippen LogP contribution in [0.25, 0.3) is 0 Å². The molecule has 0 aliphatic heterocycles. The first kappa shape index (κ1) is 19.3. The second-order valence-corrected chi connectivity index (χ2v) is 7.01. The van der Waals surface area contributed by atoms with Crippen LogP contribution in [0.5, 0.6) is 5.75 Å². The normalized spacial score (nSPS) is 12.8. The van der Waals surface area contributed by atoms with Crippen molar-refractivity contribution in [3.63, 3.8) is 0 Å². The van der Waals surface area contributed by atoms with Gasteiger partial charge in [-0.2, -0.15) is 0 Å². The molecule has 0 aromatic heterocycles. The standard InChI is InChI=1S/C18H30N2O3/c1-13(2)15(10-11-21)20-17(22)19-12-14-8-6-7-9-16(14)23-18(3,4)5/h6-9,13,15,21H,10-12H2,1-5H3,(H2,19,20,22). The van der Waals surface area contributed by atoms with Crippen LogP contribution in [0.3, 0.4) is 0 Å². The lowest BCUT2D eigenvalue weighted by Gasteiger charge is -2.24. The highest BCUT2D eigenvalue weighted by Crippen LogP contribution is 2.22. The molecule has 1 unspecified atom stereocenters. The largest absolute Gasteiger partial charge is 0.488 e. The molecule has 0 saturated carbocycles. The minimum atomic E-state index is -0.289. The van der Waals surface area contributed by atoms with Gasteiger partial charge in [0.25, 0.3) is 0 Å². The van der Waals surface area contributed by atoms with Gasteiger partial charge in [-0.25, -0.2) is 4.79 Å². The van der Waals surface area contributed by atoms with Crippen LogP contribution in [0.2, 0.25) is 0 Å². The van der Waals surface area contributed by atoms with Crippen LogP contribution in [-0.2, 0) is 6.54 Å². The van der Waals surface area contributed by atoms with Gasteiger partial charge in [0, 0.05) is 24.8 Å². The summed E-state index contributed by atoms with van der Waals surface area (Å²) in [5.41, 5.74) is 0.642. The molecule has 0 aliphatic carbocycles. The second kappa shape index (κ2) is 8.77. The van der Waals surface area contributed by atoms with Gasteiger partial charge in [-0.15, -0.1) is 0 Å².